The minimum Gasteiger partial charge on any atom is -0.481 e. The fraction of sp³-hybridized carbons (Fsp3) is 0.912. The van der Waals surface area contributed by atoms with E-state index in [-0.39, 0.29) is 86.7 Å². The van der Waals surface area contributed by atoms with Crippen LogP contribution in [0, 0.1) is 43.9 Å². The molecule has 5 fully saturated rings. The first kappa shape index (κ1) is 38.3. The molecule has 0 aromatic carbocycles. The largest absolute Gasteiger partial charge is 0.481 e. The van der Waals surface area contributed by atoms with Crippen LogP contribution in [0.4, 0.5) is 0 Å². The maximum Gasteiger partial charge on any atom is 0.310 e. The van der Waals surface area contributed by atoms with E-state index in [1.165, 1.54) is 0 Å². The maximum absolute atomic E-state index is 12.9. The van der Waals surface area contributed by atoms with Gasteiger partial charge in [0.2, 0.25) is 12.1 Å². The van der Waals surface area contributed by atoms with E-state index in [2.05, 4.69) is 0 Å². The Bertz CT molecular complexity index is 1190. The molecule has 16 heteroatoms. The van der Waals surface area contributed by atoms with Gasteiger partial charge in [0.25, 0.3) is 0 Å². The van der Waals surface area contributed by atoms with Crippen LogP contribution in [0.5, 0.6) is 0 Å². The average molecular weight is 713 g/mol. The molecular formula is C34H52N2O14. The molecule has 8 unspecified atom stereocenters. The molecule has 50 heavy (non-hydrogen) atoms. The van der Waals surface area contributed by atoms with Crippen LogP contribution in [0.1, 0.15) is 116 Å². The van der Waals surface area contributed by atoms with E-state index >= 15 is 0 Å². The van der Waals surface area contributed by atoms with Gasteiger partial charge < -0.3 is 24.4 Å². The van der Waals surface area contributed by atoms with E-state index in [0.29, 0.717) is 25.7 Å². The van der Waals surface area contributed by atoms with Crippen LogP contribution in [0.15, 0.2) is 0 Å². The number of carbonyl (C=O) groups is 3. The minimum absolute atomic E-state index is 0.0219. The summed E-state index contributed by atoms with van der Waals surface area (Å²) in [4.78, 5) is 69.1. The molecule has 282 valence electrons. The van der Waals surface area contributed by atoms with Gasteiger partial charge in [0.05, 0.1) is 54.9 Å². The van der Waals surface area contributed by atoms with Gasteiger partial charge in [0.15, 0.2) is 0 Å². The summed E-state index contributed by atoms with van der Waals surface area (Å²) in [6.45, 7) is 0.0219. The van der Waals surface area contributed by atoms with Crippen molar-refractivity contribution in [1.29, 1.82) is 0 Å². The van der Waals surface area contributed by atoms with Crippen LogP contribution in [0.25, 0.3) is 0 Å². The van der Waals surface area contributed by atoms with Gasteiger partial charge in [-0.15, -0.1) is 0 Å². The molecule has 8 atom stereocenters. The monoisotopic (exact) mass is 712 g/mol. The zero-order valence-corrected chi connectivity index (χ0v) is 28.6. The van der Waals surface area contributed by atoms with E-state index in [1.54, 1.807) is 0 Å². The Morgan fingerprint density at radius 2 is 1.06 bits per heavy atom. The lowest BCUT2D eigenvalue weighted by atomic mass is 9.77. The van der Waals surface area contributed by atoms with Gasteiger partial charge in [-0.05, 0) is 89.9 Å². The molecule has 0 aromatic rings. The molecule has 2 N–H and O–H groups in total. The van der Waals surface area contributed by atoms with E-state index < -0.39 is 58.6 Å². The first-order valence-corrected chi connectivity index (χ1v) is 18.5. The predicted molar refractivity (Wildman–Crippen MR) is 172 cm³/mol. The third-order valence-electron chi connectivity index (χ3n) is 11.7. The number of esters is 1. The summed E-state index contributed by atoms with van der Waals surface area (Å²) in [6, 6.07) is -1.68. The first-order chi connectivity index (χ1) is 24.0. The smallest absolute Gasteiger partial charge is 0.310 e. The Morgan fingerprint density at radius 1 is 0.560 bits per heavy atom. The first-order valence-electron chi connectivity index (χ1n) is 18.5. The number of hydrogen-bond acceptors (Lipinski definition) is 12. The lowest BCUT2D eigenvalue weighted by Gasteiger charge is -2.37. The van der Waals surface area contributed by atoms with Crippen molar-refractivity contribution in [3.63, 3.8) is 0 Å². The molecule has 0 amide bonds. The summed E-state index contributed by atoms with van der Waals surface area (Å²) in [7, 11) is 0. The number of carboxylic acid groups (broad SMARTS) is 2. The molecule has 0 heterocycles. The summed E-state index contributed by atoms with van der Waals surface area (Å²) in [5.74, 6) is -5.81. The van der Waals surface area contributed by atoms with Crippen molar-refractivity contribution in [1.82, 2.24) is 0 Å². The third kappa shape index (κ3) is 10.5. The van der Waals surface area contributed by atoms with Gasteiger partial charge >= 0.3 is 17.9 Å². The number of nitrogens with zero attached hydrogens (tertiary/aromatic N) is 2. The third-order valence-corrected chi connectivity index (χ3v) is 11.7. The number of nitro groups is 2. The molecule has 0 saturated heterocycles. The van der Waals surface area contributed by atoms with Crippen LogP contribution >= 0.6 is 0 Å². The van der Waals surface area contributed by atoms with Crippen molar-refractivity contribution in [3.05, 3.63) is 20.2 Å². The lowest BCUT2D eigenvalue weighted by molar-refractivity contribution is -0.529. The predicted octanol–water partition coefficient (Wildman–Crippen LogP) is 4.74. The Hall–Kier alpha value is -2.95. The van der Waals surface area contributed by atoms with Crippen molar-refractivity contribution < 1.29 is 58.4 Å². The van der Waals surface area contributed by atoms with Crippen LogP contribution in [-0.2, 0) is 38.4 Å². The van der Waals surface area contributed by atoms with Crippen molar-refractivity contribution in [2.24, 2.45) is 23.7 Å². The Labute approximate surface area is 291 Å². The molecule has 0 aliphatic heterocycles. The molecule has 5 aliphatic rings. The quantitative estimate of drug-likeness (QED) is 0.107. The second-order valence-corrected chi connectivity index (χ2v) is 15.1. The molecule has 0 spiro atoms. The van der Waals surface area contributed by atoms with Gasteiger partial charge in [-0.25, -0.2) is 9.78 Å². The van der Waals surface area contributed by atoms with E-state index in [0.717, 1.165) is 51.4 Å². The van der Waals surface area contributed by atoms with Crippen molar-refractivity contribution in [2.75, 3.05) is 6.61 Å². The van der Waals surface area contributed by atoms with Crippen molar-refractivity contribution >= 4 is 17.9 Å². The minimum atomic E-state index is -1.12. The van der Waals surface area contributed by atoms with Crippen molar-refractivity contribution in [2.45, 2.75) is 164 Å². The van der Waals surface area contributed by atoms with Gasteiger partial charge in [0.1, 0.15) is 6.10 Å². The summed E-state index contributed by atoms with van der Waals surface area (Å²) in [5, 5.41) is 41.6. The van der Waals surface area contributed by atoms with Gasteiger partial charge in [0, 0.05) is 41.4 Å². The molecule has 5 rings (SSSR count). The van der Waals surface area contributed by atoms with Gasteiger partial charge in [-0.1, -0.05) is 0 Å². The topological polar surface area (TPSA) is 224 Å². The second kappa shape index (κ2) is 18.0. The molecule has 5 saturated carbocycles. The highest BCUT2D eigenvalue weighted by Gasteiger charge is 2.45. The molecule has 16 nitrogen and oxygen atoms in total. The molecule has 0 bridgehead atoms. The Balaban J connectivity index is 0.969. The highest BCUT2D eigenvalue weighted by Crippen LogP contribution is 2.36. The number of aliphatic carboxylic acids is 2. The van der Waals surface area contributed by atoms with Crippen LogP contribution in [-0.4, -0.2) is 93.3 Å². The lowest BCUT2D eigenvalue weighted by Crippen LogP contribution is -2.42. The van der Waals surface area contributed by atoms with E-state index in [1.807, 2.05) is 0 Å². The summed E-state index contributed by atoms with van der Waals surface area (Å²) in [6.07, 6.45) is 10.1. The zero-order chi connectivity index (χ0) is 35.8. The van der Waals surface area contributed by atoms with Crippen LogP contribution in [0.2, 0.25) is 0 Å². The second-order valence-electron chi connectivity index (χ2n) is 15.1. The molecule has 0 aromatic heterocycles. The van der Waals surface area contributed by atoms with Crippen molar-refractivity contribution in [3.8, 4) is 0 Å². The summed E-state index contributed by atoms with van der Waals surface area (Å²) >= 11 is 0. The average Bonchev–Trinajstić information content (AvgIpc) is 3.09. The number of ether oxygens (including phenoxy) is 3. The Morgan fingerprint density at radius 3 is 1.60 bits per heavy atom. The van der Waals surface area contributed by atoms with Gasteiger partial charge in [-0.2, -0.15) is 0 Å². The molecule has 0 radical (unpaired) electrons. The normalized spacial score (nSPS) is 38.1. The molecular weight excluding hydrogens is 660 g/mol. The van der Waals surface area contributed by atoms with E-state index in [9.17, 15) is 44.8 Å². The fourth-order valence-corrected chi connectivity index (χ4v) is 8.75. The Kier molecular flexibility index (Phi) is 13.8. The standard InChI is InChI=1S/C34H52N2O14/c37-32(38)29-14-4-21(35(42)43)16-20(29)19-46-50-26-12-10-24(11-13-26)48-28-3-1-2-27(18-28)47-23-6-8-25(9-7-23)49-34(41)31-17-22(36(44)45)5-15-30(31)33(39)40/h20-31H,1-19H2,(H,37,38)(H,39,40). The molecule has 5 aliphatic carbocycles. The van der Waals surface area contributed by atoms with E-state index in [4.69, 9.17) is 24.0 Å². The summed E-state index contributed by atoms with van der Waals surface area (Å²) < 4.78 is 18.7. The SMILES string of the molecule is O=C(O)C1CCC([N+](=O)[O-])CC1COOC1CCC(OC2CCCC(OC3CCC(OC(=O)C4CC([N+](=O)[O-])CCC4C(=O)O)CC3)C2)CC1. The number of hydrogen-bond donors (Lipinski definition) is 2. The van der Waals surface area contributed by atoms with Crippen LogP contribution in [0.3, 0.4) is 0 Å². The zero-order valence-electron chi connectivity index (χ0n) is 28.6. The number of carbonyl (C=O) groups excluding carboxylic acids is 1. The number of rotatable bonds is 14. The van der Waals surface area contributed by atoms with Crippen LogP contribution < -0.4 is 0 Å². The number of carboxylic acids is 2. The fourth-order valence-electron chi connectivity index (χ4n) is 8.75. The maximum atomic E-state index is 12.9. The highest BCUT2D eigenvalue weighted by atomic mass is 17.2. The summed E-state index contributed by atoms with van der Waals surface area (Å²) in [5.41, 5.74) is 0. The highest BCUT2D eigenvalue weighted by molar-refractivity contribution is 5.81. The van der Waals surface area contributed by atoms with Gasteiger partial charge in [-0.3, -0.25) is 34.6 Å².